The third kappa shape index (κ3) is 5.65. The van der Waals surface area contributed by atoms with Gasteiger partial charge in [0.25, 0.3) is 0 Å². The monoisotopic (exact) mass is 348 g/mol. The normalized spacial score (nSPS) is 16.2. The number of likely N-dealkylation sites (tertiary alicyclic amines) is 1. The van der Waals surface area contributed by atoms with Crippen molar-refractivity contribution >= 4 is 23.7 Å². The van der Waals surface area contributed by atoms with E-state index in [1.165, 1.54) is 4.90 Å². The first-order chi connectivity index (χ1) is 11.6. The van der Waals surface area contributed by atoms with Crippen LogP contribution in [0.3, 0.4) is 0 Å². The molecule has 1 fully saturated rings. The van der Waals surface area contributed by atoms with Crippen molar-refractivity contribution in [3.63, 3.8) is 0 Å². The number of nitrogens with zero attached hydrogens (tertiary/aromatic N) is 2. The van der Waals surface area contributed by atoms with E-state index in [0.717, 1.165) is 44.5 Å². The van der Waals surface area contributed by atoms with Gasteiger partial charge in [-0.25, -0.2) is 0 Å². The van der Waals surface area contributed by atoms with Gasteiger partial charge in [0, 0.05) is 43.3 Å². The van der Waals surface area contributed by atoms with Crippen molar-refractivity contribution in [1.82, 2.24) is 9.80 Å². The van der Waals surface area contributed by atoms with Crippen molar-refractivity contribution in [2.75, 3.05) is 39.5 Å². The number of thioether (sulfide) groups is 1. The van der Waals surface area contributed by atoms with Gasteiger partial charge in [0.2, 0.25) is 5.91 Å². The van der Waals surface area contributed by atoms with Gasteiger partial charge in [-0.05, 0) is 56.3 Å². The molecule has 0 aromatic heterocycles. The summed E-state index contributed by atoms with van der Waals surface area (Å²) in [5.41, 5.74) is 1.06. The minimum absolute atomic E-state index is 0.0976. The van der Waals surface area contributed by atoms with Gasteiger partial charge in [-0.3, -0.25) is 4.79 Å². The van der Waals surface area contributed by atoms with Gasteiger partial charge in [0.15, 0.2) is 0 Å². The van der Waals surface area contributed by atoms with E-state index < -0.39 is 0 Å². The average molecular weight is 349 g/mol. The number of benzene rings is 1. The predicted molar refractivity (Wildman–Crippen MR) is 101 cm³/mol. The van der Waals surface area contributed by atoms with Gasteiger partial charge in [0.05, 0.1) is 0 Å². The molecule has 1 saturated heterocycles. The number of piperidine rings is 1. The number of aliphatic hydroxyl groups is 1. The standard InChI is InChI=1S/C19H28N2O2S/c1-20(12-3-15-22)17-10-13-21(14-11-17)19(23)9-6-16-4-7-18(24-2)8-5-16/h4-9,17,22H,3,10-15H2,1-2H3/b9-6+. The fourth-order valence-electron chi connectivity index (χ4n) is 3.02. The van der Waals surface area contributed by atoms with E-state index in [9.17, 15) is 4.79 Å². The smallest absolute Gasteiger partial charge is 0.246 e. The number of hydrogen-bond donors (Lipinski definition) is 1. The van der Waals surface area contributed by atoms with Crippen LogP contribution in [0.4, 0.5) is 0 Å². The molecular formula is C19H28N2O2S. The summed E-state index contributed by atoms with van der Waals surface area (Å²) in [5, 5.41) is 8.92. The van der Waals surface area contributed by atoms with E-state index >= 15 is 0 Å². The molecule has 0 radical (unpaired) electrons. The lowest BCUT2D eigenvalue weighted by Crippen LogP contribution is -2.45. The van der Waals surface area contributed by atoms with Crippen LogP contribution in [0, 0.1) is 0 Å². The molecule has 4 nitrogen and oxygen atoms in total. The SMILES string of the molecule is CSc1ccc(/C=C/C(=O)N2CCC(N(C)CCCO)CC2)cc1. The third-order valence-electron chi connectivity index (χ3n) is 4.60. The Labute approximate surface area is 149 Å². The zero-order valence-electron chi connectivity index (χ0n) is 14.6. The van der Waals surface area contributed by atoms with Crippen LogP contribution >= 0.6 is 11.8 Å². The van der Waals surface area contributed by atoms with E-state index in [2.05, 4.69) is 30.3 Å². The molecule has 0 saturated carbocycles. The first-order valence-electron chi connectivity index (χ1n) is 8.56. The molecule has 0 atom stereocenters. The van der Waals surface area contributed by atoms with E-state index in [0.29, 0.717) is 6.04 Å². The Morgan fingerprint density at radius 1 is 1.33 bits per heavy atom. The number of aliphatic hydroxyl groups excluding tert-OH is 1. The summed E-state index contributed by atoms with van der Waals surface area (Å²) in [6.07, 6.45) is 8.45. The van der Waals surface area contributed by atoms with E-state index in [-0.39, 0.29) is 12.5 Å². The molecule has 1 aromatic carbocycles. The van der Waals surface area contributed by atoms with Crippen LogP contribution in [-0.2, 0) is 4.79 Å². The van der Waals surface area contributed by atoms with Crippen LogP contribution < -0.4 is 0 Å². The fourth-order valence-corrected chi connectivity index (χ4v) is 3.43. The van der Waals surface area contributed by atoms with E-state index in [1.807, 2.05) is 23.1 Å². The molecule has 132 valence electrons. The Morgan fingerprint density at radius 2 is 2.00 bits per heavy atom. The largest absolute Gasteiger partial charge is 0.396 e. The lowest BCUT2D eigenvalue weighted by Gasteiger charge is -2.36. The maximum Gasteiger partial charge on any atom is 0.246 e. The molecule has 1 amide bonds. The minimum atomic E-state index is 0.0976. The summed E-state index contributed by atoms with van der Waals surface area (Å²) >= 11 is 1.71. The molecule has 1 N–H and O–H groups in total. The Balaban J connectivity index is 1.80. The van der Waals surface area contributed by atoms with Crippen molar-refractivity contribution in [2.24, 2.45) is 0 Å². The number of rotatable bonds is 7. The summed E-state index contributed by atoms with van der Waals surface area (Å²) in [6.45, 7) is 2.77. The summed E-state index contributed by atoms with van der Waals surface area (Å²) in [5.74, 6) is 0.0976. The Kier molecular flexibility index (Phi) is 7.82. The second kappa shape index (κ2) is 9.87. The second-order valence-electron chi connectivity index (χ2n) is 6.22. The highest BCUT2D eigenvalue weighted by Gasteiger charge is 2.23. The maximum absolute atomic E-state index is 12.3. The topological polar surface area (TPSA) is 43.8 Å². The van der Waals surface area contributed by atoms with Gasteiger partial charge in [-0.15, -0.1) is 11.8 Å². The molecule has 0 unspecified atom stereocenters. The summed E-state index contributed by atoms with van der Waals surface area (Å²) < 4.78 is 0. The maximum atomic E-state index is 12.3. The molecule has 0 spiro atoms. The molecule has 1 heterocycles. The van der Waals surface area contributed by atoms with Gasteiger partial charge in [-0.2, -0.15) is 0 Å². The summed E-state index contributed by atoms with van der Waals surface area (Å²) in [7, 11) is 2.11. The highest BCUT2D eigenvalue weighted by atomic mass is 32.2. The zero-order valence-corrected chi connectivity index (χ0v) is 15.5. The van der Waals surface area contributed by atoms with Gasteiger partial charge >= 0.3 is 0 Å². The van der Waals surface area contributed by atoms with Gasteiger partial charge in [-0.1, -0.05) is 12.1 Å². The Morgan fingerprint density at radius 3 is 2.58 bits per heavy atom. The van der Waals surface area contributed by atoms with Crippen molar-refractivity contribution in [1.29, 1.82) is 0 Å². The number of hydrogen-bond acceptors (Lipinski definition) is 4. The van der Waals surface area contributed by atoms with E-state index in [1.54, 1.807) is 17.8 Å². The average Bonchev–Trinajstić information content (AvgIpc) is 2.64. The number of amides is 1. The summed E-state index contributed by atoms with van der Waals surface area (Å²) in [6, 6.07) is 8.74. The quantitative estimate of drug-likeness (QED) is 0.608. The summed E-state index contributed by atoms with van der Waals surface area (Å²) in [4.78, 5) is 17.8. The number of carbonyl (C=O) groups is 1. The predicted octanol–water partition coefficient (Wildman–Crippen LogP) is 2.73. The van der Waals surface area contributed by atoms with Crippen molar-refractivity contribution in [3.05, 3.63) is 35.9 Å². The number of carbonyl (C=O) groups excluding carboxylic acids is 1. The molecule has 1 aliphatic rings. The lowest BCUT2D eigenvalue weighted by atomic mass is 10.0. The molecule has 0 aliphatic carbocycles. The first kappa shape index (κ1) is 19.0. The molecular weight excluding hydrogens is 320 g/mol. The fraction of sp³-hybridized carbons (Fsp3) is 0.526. The zero-order chi connectivity index (χ0) is 17.4. The van der Waals surface area contributed by atoms with Crippen molar-refractivity contribution < 1.29 is 9.90 Å². The van der Waals surface area contributed by atoms with Crippen LogP contribution in [0.5, 0.6) is 0 Å². The van der Waals surface area contributed by atoms with Crippen LogP contribution in [0.1, 0.15) is 24.8 Å². The second-order valence-corrected chi connectivity index (χ2v) is 7.10. The molecule has 5 heteroatoms. The van der Waals surface area contributed by atoms with Crippen LogP contribution in [0.25, 0.3) is 6.08 Å². The van der Waals surface area contributed by atoms with E-state index in [4.69, 9.17) is 5.11 Å². The lowest BCUT2D eigenvalue weighted by molar-refractivity contribution is -0.127. The highest BCUT2D eigenvalue weighted by molar-refractivity contribution is 7.98. The first-order valence-corrected chi connectivity index (χ1v) is 9.78. The molecule has 1 aromatic rings. The van der Waals surface area contributed by atoms with Crippen LogP contribution in [0.2, 0.25) is 0 Å². The minimum Gasteiger partial charge on any atom is -0.396 e. The van der Waals surface area contributed by atoms with Gasteiger partial charge in [0.1, 0.15) is 0 Å². The van der Waals surface area contributed by atoms with Crippen LogP contribution in [-0.4, -0.2) is 66.4 Å². The Hall–Kier alpha value is -1.30. The van der Waals surface area contributed by atoms with Crippen molar-refractivity contribution in [3.8, 4) is 0 Å². The van der Waals surface area contributed by atoms with Crippen LogP contribution in [0.15, 0.2) is 35.2 Å². The molecule has 24 heavy (non-hydrogen) atoms. The van der Waals surface area contributed by atoms with Gasteiger partial charge < -0.3 is 14.9 Å². The molecule has 0 bridgehead atoms. The Bertz CT molecular complexity index is 537. The molecule has 1 aliphatic heterocycles. The van der Waals surface area contributed by atoms with Crippen molar-refractivity contribution in [2.45, 2.75) is 30.2 Å². The molecule has 2 rings (SSSR count). The third-order valence-corrected chi connectivity index (χ3v) is 5.35. The highest BCUT2D eigenvalue weighted by Crippen LogP contribution is 2.17.